The Morgan fingerprint density at radius 3 is 2.72 bits per heavy atom. The molecular formula is C13H11NO4. The topological polar surface area (TPSA) is 76.5 Å². The number of para-hydroxylation sites is 1. The fourth-order valence-corrected chi connectivity index (χ4v) is 1.54. The van der Waals surface area contributed by atoms with E-state index >= 15 is 0 Å². The molecule has 1 aromatic heterocycles. The highest BCUT2D eigenvalue weighted by molar-refractivity contribution is 5.87. The summed E-state index contributed by atoms with van der Waals surface area (Å²) < 4.78 is 5.11. The van der Waals surface area contributed by atoms with Crippen molar-refractivity contribution in [2.45, 2.75) is 12.8 Å². The average Bonchev–Trinajstić information content (AvgIpc) is 2.37. The Labute approximate surface area is 103 Å². The van der Waals surface area contributed by atoms with E-state index in [1.165, 1.54) is 0 Å². The first-order valence-electron chi connectivity index (χ1n) is 5.43. The SMILES string of the molecule is O=C(O)CCC(=O)Oc1cccc2cccnc12. The maximum Gasteiger partial charge on any atom is 0.311 e. The lowest BCUT2D eigenvalue weighted by Crippen LogP contribution is -2.10. The molecule has 0 amide bonds. The number of aromatic nitrogens is 1. The van der Waals surface area contributed by atoms with Crippen molar-refractivity contribution in [2.75, 3.05) is 0 Å². The maximum absolute atomic E-state index is 11.4. The van der Waals surface area contributed by atoms with Crippen molar-refractivity contribution in [3.8, 4) is 5.75 Å². The second-order valence-corrected chi connectivity index (χ2v) is 3.70. The van der Waals surface area contributed by atoms with Crippen LogP contribution in [-0.4, -0.2) is 22.0 Å². The lowest BCUT2D eigenvalue weighted by molar-refractivity contribution is -0.142. The summed E-state index contributed by atoms with van der Waals surface area (Å²) in [4.78, 5) is 25.9. The molecule has 0 saturated carbocycles. The molecule has 0 aliphatic heterocycles. The third-order valence-electron chi connectivity index (χ3n) is 2.36. The normalized spacial score (nSPS) is 10.2. The molecule has 18 heavy (non-hydrogen) atoms. The van der Waals surface area contributed by atoms with Gasteiger partial charge in [-0.3, -0.25) is 14.6 Å². The van der Waals surface area contributed by atoms with Gasteiger partial charge in [0.25, 0.3) is 0 Å². The second kappa shape index (κ2) is 5.27. The number of esters is 1. The molecule has 0 saturated heterocycles. The number of nitrogens with zero attached hydrogens (tertiary/aromatic N) is 1. The summed E-state index contributed by atoms with van der Waals surface area (Å²) in [5.41, 5.74) is 0.587. The summed E-state index contributed by atoms with van der Waals surface area (Å²) >= 11 is 0. The van der Waals surface area contributed by atoms with Crippen LogP contribution in [0, 0.1) is 0 Å². The van der Waals surface area contributed by atoms with Crippen molar-refractivity contribution in [1.82, 2.24) is 4.98 Å². The largest absolute Gasteiger partial charge is 0.481 e. The van der Waals surface area contributed by atoms with Gasteiger partial charge in [-0.15, -0.1) is 0 Å². The van der Waals surface area contributed by atoms with Crippen LogP contribution in [0.5, 0.6) is 5.75 Å². The molecule has 0 radical (unpaired) electrons. The Kier molecular flexibility index (Phi) is 3.52. The molecule has 92 valence electrons. The van der Waals surface area contributed by atoms with Gasteiger partial charge in [-0.25, -0.2) is 0 Å². The number of carboxylic acid groups (broad SMARTS) is 1. The number of carbonyl (C=O) groups is 2. The Hall–Kier alpha value is -2.43. The number of fused-ring (bicyclic) bond motifs is 1. The number of pyridine rings is 1. The molecule has 0 aliphatic carbocycles. The Morgan fingerprint density at radius 2 is 1.94 bits per heavy atom. The lowest BCUT2D eigenvalue weighted by atomic mass is 10.2. The van der Waals surface area contributed by atoms with Gasteiger partial charge >= 0.3 is 11.9 Å². The summed E-state index contributed by atoms with van der Waals surface area (Å²) in [7, 11) is 0. The van der Waals surface area contributed by atoms with Gasteiger partial charge in [-0.2, -0.15) is 0 Å². The first-order chi connectivity index (χ1) is 8.66. The van der Waals surface area contributed by atoms with Gasteiger partial charge in [-0.1, -0.05) is 18.2 Å². The zero-order valence-corrected chi connectivity index (χ0v) is 9.50. The zero-order valence-electron chi connectivity index (χ0n) is 9.50. The molecule has 0 unspecified atom stereocenters. The van der Waals surface area contributed by atoms with E-state index in [0.29, 0.717) is 11.3 Å². The highest BCUT2D eigenvalue weighted by Crippen LogP contribution is 2.23. The summed E-state index contributed by atoms with van der Waals surface area (Å²) in [5.74, 6) is -1.25. The van der Waals surface area contributed by atoms with Gasteiger partial charge in [0.2, 0.25) is 0 Å². The molecule has 0 atom stereocenters. The molecular weight excluding hydrogens is 234 g/mol. The molecule has 5 heteroatoms. The fourth-order valence-electron chi connectivity index (χ4n) is 1.54. The smallest absolute Gasteiger partial charge is 0.311 e. The van der Waals surface area contributed by atoms with Crippen molar-refractivity contribution in [3.63, 3.8) is 0 Å². The number of ether oxygens (including phenoxy) is 1. The molecule has 1 aromatic carbocycles. The number of hydrogen-bond donors (Lipinski definition) is 1. The van der Waals surface area contributed by atoms with Gasteiger partial charge in [0.15, 0.2) is 5.75 Å². The zero-order chi connectivity index (χ0) is 13.0. The second-order valence-electron chi connectivity index (χ2n) is 3.70. The van der Waals surface area contributed by atoms with Gasteiger partial charge in [0.1, 0.15) is 5.52 Å². The summed E-state index contributed by atoms with van der Waals surface area (Å²) in [5, 5.41) is 9.34. The van der Waals surface area contributed by atoms with Gasteiger partial charge in [0, 0.05) is 11.6 Å². The van der Waals surface area contributed by atoms with Crippen LogP contribution in [0.4, 0.5) is 0 Å². The minimum absolute atomic E-state index is 0.154. The first kappa shape index (κ1) is 12.0. The Morgan fingerprint density at radius 1 is 1.17 bits per heavy atom. The molecule has 1 N–H and O–H groups in total. The van der Waals surface area contributed by atoms with Crippen molar-refractivity contribution in [3.05, 3.63) is 36.5 Å². The van der Waals surface area contributed by atoms with E-state index in [2.05, 4.69) is 4.98 Å². The van der Waals surface area contributed by atoms with Crippen LogP contribution in [-0.2, 0) is 9.59 Å². The van der Waals surface area contributed by atoms with Crippen molar-refractivity contribution >= 4 is 22.8 Å². The summed E-state index contributed by atoms with van der Waals surface area (Å²) in [6.07, 6.45) is 1.21. The third-order valence-corrected chi connectivity index (χ3v) is 2.36. The van der Waals surface area contributed by atoms with Gasteiger partial charge in [-0.05, 0) is 12.1 Å². The van der Waals surface area contributed by atoms with E-state index in [1.54, 1.807) is 24.4 Å². The van der Waals surface area contributed by atoms with E-state index in [-0.39, 0.29) is 12.8 Å². The highest BCUT2D eigenvalue weighted by Gasteiger charge is 2.10. The number of rotatable bonds is 4. The van der Waals surface area contributed by atoms with Crippen LogP contribution in [0.2, 0.25) is 0 Å². The van der Waals surface area contributed by atoms with Gasteiger partial charge < -0.3 is 9.84 Å². The molecule has 0 fully saturated rings. The highest BCUT2D eigenvalue weighted by atomic mass is 16.5. The van der Waals surface area contributed by atoms with E-state index in [9.17, 15) is 9.59 Å². The minimum Gasteiger partial charge on any atom is -0.481 e. The third kappa shape index (κ3) is 2.82. The standard InChI is InChI=1S/C13H11NO4/c15-11(16)6-7-12(17)18-10-5-1-3-9-4-2-8-14-13(9)10/h1-5,8H,6-7H2,(H,15,16). The molecule has 2 aromatic rings. The molecule has 1 heterocycles. The average molecular weight is 245 g/mol. The Bertz CT molecular complexity index is 589. The molecule has 0 bridgehead atoms. The van der Waals surface area contributed by atoms with Crippen LogP contribution in [0.15, 0.2) is 36.5 Å². The number of carbonyl (C=O) groups excluding carboxylic acids is 1. The van der Waals surface area contributed by atoms with Crippen molar-refractivity contribution in [2.24, 2.45) is 0 Å². The predicted molar refractivity (Wildman–Crippen MR) is 64.2 cm³/mol. The number of aliphatic carboxylic acids is 1. The van der Waals surface area contributed by atoms with Crippen LogP contribution in [0.3, 0.4) is 0 Å². The quantitative estimate of drug-likeness (QED) is 0.658. The van der Waals surface area contributed by atoms with Crippen LogP contribution >= 0.6 is 0 Å². The molecule has 0 spiro atoms. The molecule has 0 aliphatic rings. The minimum atomic E-state index is -1.03. The summed E-state index contributed by atoms with van der Waals surface area (Å²) in [6, 6.07) is 8.89. The predicted octanol–water partition coefficient (Wildman–Crippen LogP) is 2.00. The summed E-state index contributed by atoms with van der Waals surface area (Å²) in [6.45, 7) is 0. The molecule has 5 nitrogen and oxygen atoms in total. The number of benzene rings is 1. The van der Waals surface area contributed by atoms with E-state index < -0.39 is 11.9 Å². The van der Waals surface area contributed by atoms with Crippen molar-refractivity contribution in [1.29, 1.82) is 0 Å². The fraction of sp³-hybridized carbons (Fsp3) is 0.154. The first-order valence-corrected chi connectivity index (χ1v) is 5.43. The maximum atomic E-state index is 11.4. The van der Waals surface area contributed by atoms with E-state index in [4.69, 9.17) is 9.84 Å². The Balaban J connectivity index is 2.16. The lowest BCUT2D eigenvalue weighted by Gasteiger charge is -2.06. The van der Waals surface area contributed by atoms with E-state index in [0.717, 1.165) is 5.39 Å². The number of carboxylic acids is 1. The molecule has 2 rings (SSSR count). The van der Waals surface area contributed by atoms with Crippen LogP contribution in [0.25, 0.3) is 10.9 Å². The van der Waals surface area contributed by atoms with Crippen LogP contribution in [0.1, 0.15) is 12.8 Å². The van der Waals surface area contributed by atoms with Crippen LogP contribution < -0.4 is 4.74 Å². The van der Waals surface area contributed by atoms with E-state index in [1.807, 2.05) is 12.1 Å². The number of hydrogen-bond acceptors (Lipinski definition) is 4. The van der Waals surface area contributed by atoms with Crippen molar-refractivity contribution < 1.29 is 19.4 Å². The monoisotopic (exact) mass is 245 g/mol. The van der Waals surface area contributed by atoms with Gasteiger partial charge in [0.05, 0.1) is 12.8 Å².